The minimum Gasteiger partial charge on any atom is -0.465 e. The molecular formula is C10H13ClN2O4S. The van der Waals surface area contributed by atoms with Crippen molar-refractivity contribution < 1.29 is 17.9 Å². The van der Waals surface area contributed by atoms with Crippen molar-refractivity contribution in [3.63, 3.8) is 0 Å². The SMILES string of the molecule is COC(=O)c1ccc(Cl)c(NS(=O)(=O)CCN)c1. The molecule has 3 N–H and O–H groups in total. The zero-order valence-corrected chi connectivity index (χ0v) is 11.2. The molecule has 0 heterocycles. The highest BCUT2D eigenvalue weighted by atomic mass is 35.5. The molecule has 6 nitrogen and oxygen atoms in total. The Morgan fingerprint density at radius 2 is 2.17 bits per heavy atom. The van der Waals surface area contributed by atoms with Gasteiger partial charge in [0.25, 0.3) is 0 Å². The lowest BCUT2D eigenvalue weighted by Gasteiger charge is -2.10. The summed E-state index contributed by atoms with van der Waals surface area (Å²) in [6.45, 7) is -0.0103. The van der Waals surface area contributed by atoms with Gasteiger partial charge in [0.1, 0.15) is 0 Å². The molecule has 1 rings (SSSR count). The predicted molar refractivity (Wildman–Crippen MR) is 69.3 cm³/mol. The lowest BCUT2D eigenvalue weighted by molar-refractivity contribution is 0.0601. The van der Waals surface area contributed by atoms with Crippen LogP contribution in [0.1, 0.15) is 10.4 Å². The van der Waals surface area contributed by atoms with E-state index >= 15 is 0 Å². The molecule has 18 heavy (non-hydrogen) atoms. The third-order valence-electron chi connectivity index (χ3n) is 2.04. The van der Waals surface area contributed by atoms with Crippen LogP contribution in [0.25, 0.3) is 0 Å². The molecular weight excluding hydrogens is 280 g/mol. The smallest absolute Gasteiger partial charge is 0.337 e. The van der Waals surface area contributed by atoms with Crippen LogP contribution < -0.4 is 10.5 Å². The highest BCUT2D eigenvalue weighted by molar-refractivity contribution is 7.92. The fourth-order valence-electron chi connectivity index (χ4n) is 1.22. The quantitative estimate of drug-likeness (QED) is 0.783. The maximum Gasteiger partial charge on any atom is 0.337 e. The fraction of sp³-hybridized carbons (Fsp3) is 0.300. The van der Waals surface area contributed by atoms with Gasteiger partial charge in [0, 0.05) is 6.54 Å². The molecule has 0 atom stereocenters. The summed E-state index contributed by atoms with van der Waals surface area (Å²) in [5.41, 5.74) is 5.50. The minimum atomic E-state index is -3.57. The molecule has 0 amide bonds. The Kier molecular flexibility index (Phi) is 4.94. The van der Waals surface area contributed by atoms with E-state index in [1.807, 2.05) is 0 Å². The lowest BCUT2D eigenvalue weighted by atomic mass is 10.2. The number of benzene rings is 1. The highest BCUT2D eigenvalue weighted by Crippen LogP contribution is 2.24. The summed E-state index contributed by atoms with van der Waals surface area (Å²) in [5, 5.41) is 0.184. The van der Waals surface area contributed by atoms with E-state index in [4.69, 9.17) is 17.3 Å². The van der Waals surface area contributed by atoms with Gasteiger partial charge in [-0.15, -0.1) is 0 Å². The van der Waals surface area contributed by atoms with Crippen LogP contribution in [-0.2, 0) is 14.8 Å². The normalized spacial score (nSPS) is 11.1. The van der Waals surface area contributed by atoms with Gasteiger partial charge in [-0.2, -0.15) is 0 Å². The zero-order chi connectivity index (χ0) is 13.8. The van der Waals surface area contributed by atoms with E-state index in [-0.39, 0.29) is 28.6 Å². The second-order valence-electron chi connectivity index (χ2n) is 3.40. The van der Waals surface area contributed by atoms with E-state index < -0.39 is 16.0 Å². The Labute approximate surface area is 110 Å². The van der Waals surface area contributed by atoms with E-state index in [0.717, 1.165) is 0 Å². The molecule has 0 saturated carbocycles. The fourth-order valence-corrected chi connectivity index (χ4v) is 2.36. The van der Waals surface area contributed by atoms with Gasteiger partial charge >= 0.3 is 5.97 Å². The molecule has 1 aromatic carbocycles. The topological polar surface area (TPSA) is 98.5 Å². The van der Waals surface area contributed by atoms with Crippen molar-refractivity contribution in [2.45, 2.75) is 0 Å². The number of ether oxygens (including phenoxy) is 1. The number of sulfonamides is 1. The molecule has 0 saturated heterocycles. The maximum atomic E-state index is 11.5. The van der Waals surface area contributed by atoms with Gasteiger partial charge in [-0.3, -0.25) is 4.72 Å². The van der Waals surface area contributed by atoms with Crippen LogP contribution in [0, 0.1) is 0 Å². The van der Waals surface area contributed by atoms with Crippen LogP contribution in [0.5, 0.6) is 0 Å². The summed E-state index contributed by atoms with van der Waals surface area (Å²) < 4.78 is 29.9. The summed E-state index contributed by atoms with van der Waals surface area (Å²) in [5.74, 6) is -0.808. The van der Waals surface area contributed by atoms with Crippen molar-refractivity contribution in [2.24, 2.45) is 5.73 Å². The van der Waals surface area contributed by atoms with Crippen molar-refractivity contribution in [1.29, 1.82) is 0 Å². The number of rotatable bonds is 5. The van der Waals surface area contributed by atoms with Gasteiger partial charge < -0.3 is 10.5 Å². The average Bonchev–Trinajstić information content (AvgIpc) is 2.30. The standard InChI is InChI=1S/C10H13ClN2O4S/c1-17-10(14)7-2-3-8(11)9(6-7)13-18(15,16)5-4-12/h2-3,6,13H,4-5,12H2,1H3. The molecule has 0 radical (unpaired) electrons. The first-order chi connectivity index (χ1) is 8.39. The zero-order valence-electron chi connectivity index (χ0n) is 9.64. The second-order valence-corrected chi connectivity index (χ2v) is 5.64. The highest BCUT2D eigenvalue weighted by Gasteiger charge is 2.14. The molecule has 1 aromatic rings. The summed E-state index contributed by atoms with van der Waals surface area (Å²) >= 11 is 5.84. The summed E-state index contributed by atoms with van der Waals surface area (Å²) in [7, 11) is -2.34. The summed E-state index contributed by atoms with van der Waals surface area (Å²) in [6, 6.07) is 4.16. The van der Waals surface area contributed by atoms with Crippen molar-refractivity contribution >= 4 is 33.3 Å². The number of hydrogen-bond donors (Lipinski definition) is 2. The largest absolute Gasteiger partial charge is 0.465 e. The molecule has 0 aromatic heterocycles. The average molecular weight is 293 g/mol. The number of nitrogens with two attached hydrogens (primary N) is 1. The maximum absolute atomic E-state index is 11.5. The van der Waals surface area contributed by atoms with E-state index in [2.05, 4.69) is 9.46 Å². The third-order valence-corrected chi connectivity index (χ3v) is 3.67. The molecule has 0 bridgehead atoms. The molecule has 0 unspecified atom stereocenters. The number of nitrogens with one attached hydrogen (secondary N) is 1. The molecule has 0 aliphatic carbocycles. The van der Waals surface area contributed by atoms with Gasteiger partial charge in [0.05, 0.1) is 29.1 Å². The van der Waals surface area contributed by atoms with Gasteiger partial charge in [-0.25, -0.2) is 13.2 Å². The monoisotopic (exact) mass is 292 g/mol. The van der Waals surface area contributed by atoms with E-state index in [9.17, 15) is 13.2 Å². The van der Waals surface area contributed by atoms with Crippen molar-refractivity contribution in [3.8, 4) is 0 Å². The van der Waals surface area contributed by atoms with Crippen LogP contribution in [0.2, 0.25) is 5.02 Å². The van der Waals surface area contributed by atoms with E-state index in [0.29, 0.717) is 0 Å². The Balaban J connectivity index is 3.05. The Hall–Kier alpha value is -1.31. The van der Waals surface area contributed by atoms with Crippen LogP contribution in [0.4, 0.5) is 5.69 Å². The van der Waals surface area contributed by atoms with Crippen molar-refractivity contribution in [1.82, 2.24) is 0 Å². The van der Waals surface area contributed by atoms with Crippen LogP contribution in [0.3, 0.4) is 0 Å². The molecule has 0 aliphatic rings. The third kappa shape index (κ3) is 3.86. The second kappa shape index (κ2) is 6.03. The number of halogens is 1. The summed E-state index contributed by atoms with van der Waals surface area (Å²) in [6.07, 6.45) is 0. The number of methoxy groups -OCH3 is 1. The van der Waals surface area contributed by atoms with Crippen molar-refractivity contribution in [2.75, 3.05) is 24.1 Å². The summed E-state index contributed by atoms with van der Waals surface area (Å²) in [4.78, 5) is 11.3. The number of carbonyl (C=O) groups is 1. The molecule has 0 aliphatic heterocycles. The Morgan fingerprint density at radius 3 is 2.72 bits per heavy atom. The lowest BCUT2D eigenvalue weighted by Crippen LogP contribution is -2.22. The van der Waals surface area contributed by atoms with Crippen molar-refractivity contribution in [3.05, 3.63) is 28.8 Å². The Bertz CT molecular complexity index is 545. The van der Waals surface area contributed by atoms with Gasteiger partial charge in [-0.05, 0) is 18.2 Å². The molecule has 0 spiro atoms. The Morgan fingerprint density at radius 1 is 1.50 bits per heavy atom. The molecule has 0 fully saturated rings. The number of anilines is 1. The predicted octanol–water partition coefficient (Wildman–Crippen LogP) is 0.827. The first-order valence-corrected chi connectivity index (χ1v) is 7.01. The number of esters is 1. The van der Waals surface area contributed by atoms with Gasteiger partial charge in [0.2, 0.25) is 10.0 Å². The van der Waals surface area contributed by atoms with Gasteiger partial charge in [-0.1, -0.05) is 11.6 Å². The molecule has 100 valence electrons. The number of carbonyl (C=O) groups excluding carboxylic acids is 1. The minimum absolute atomic E-state index is 0.0103. The van der Waals surface area contributed by atoms with Crippen LogP contribution >= 0.6 is 11.6 Å². The van der Waals surface area contributed by atoms with Crippen LogP contribution in [0.15, 0.2) is 18.2 Å². The molecule has 8 heteroatoms. The van der Waals surface area contributed by atoms with Crippen LogP contribution in [-0.4, -0.2) is 33.8 Å². The van der Waals surface area contributed by atoms with E-state index in [1.54, 1.807) is 0 Å². The number of hydrogen-bond acceptors (Lipinski definition) is 5. The van der Waals surface area contributed by atoms with Gasteiger partial charge in [0.15, 0.2) is 0 Å². The van der Waals surface area contributed by atoms with E-state index in [1.165, 1.54) is 25.3 Å². The first-order valence-electron chi connectivity index (χ1n) is 4.98. The first kappa shape index (κ1) is 14.7.